The molecule has 130 valence electrons. The van der Waals surface area contributed by atoms with Gasteiger partial charge in [0.2, 0.25) is 5.95 Å². The van der Waals surface area contributed by atoms with Crippen LogP contribution in [0.25, 0.3) is 0 Å². The molecule has 4 heterocycles. The molecule has 1 atom stereocenters. The molecule has 1 unspecified atom stereocenters. The number of pyridine rings is 1. The normalized spacial score (nSPS) is 27.0. The standard InChI is InChI=1S/C18H24FN3O2/c19-16-11-14(3-6-20-16)17(23)22-9-4-18(5-10-22)12-15(13-24-18)21-7-1-2-8-21/h3,6,11,15H,1-2,4-5,7-10,12-13H2. The van der Waals surface area contributed by atoms with Gasteiger partial charge in [-0.2, -0.15) is 4.39 Å². The number of aromatic nitrogens is 1. The fraction of sp³-hybridized carbons (Fsp3) is 0.667. The van der Waals surface area contributed by atoms with Crippen LogP contribution in [0.2, 0.25) is 0 Å². The number of carbonyl (C=O) groups is 1. The van der Waals surface area contributed by atoms with Crippen molar-refractivity contribution in [1.29, 1.82) is 0 Å². The molecule has 4 rings (SSSR count). The van der Waals surface area contributed by atoms with E-state index in [4.69, 9.17) is 4.74 Å². The van der Waals surface area contributed by atoms with Gasteiger partial charge in [0.25, 0.3) is 5.91 Å². The molecule has 0 radical (unpaired) electrons. The van der Waals surface area contributed by atoms with Crippen molar-refractivity contribution in [2.45, 2.75) is 43.7 Å². The zero-order valence-electron chi connectivity index (χ0n) is 13.9. The summed E-state index contributed by atoms with van der Waals surface area (Å²) in [5.41, 5.74) is 0.314. The molecular weight excluding hydrogens is 309 g/mol. The van der Waals surface area contributed by atoms with Crippen LogP contribution in [0, 0.1) is 5.95 Å². The van der Waals surface area contributed by atoms with Crippen molar-refractivity contribution in [2.75, 3.05) is 32.8 Å². The fourth-order valence-corrected chi connectivity index (χ4v) is 4.35. The molecule has 0 aromatic carbocycles. The average Bonchev–Trinajstić information content (AvgIpc) is 3.25. The van der Waals surface area contributed by atoms with Crippen molar-refractivity contribution in [3.8, 4) is 0 Å². The summed E-state index contributed by atoms with van der Waals surface area (Å²) in [7, 11) is 0. The van der Waals surface area contributed by atoms with Gasteiger partial charge in [0.05, 0.1) is 12.2 Å². The van der Waals surface area contributed by atoms with Gasteiger partial charge in [0, 0.05) is 37.0 Å². The Kier molecular flexibility index (Phi) is 4.26. The SMILES string of the molecule is O=C(c1ccnc(F)c1)N1CCC2(CC1)CC(N1CCCC1)CO2. The van der Waals surface area contributed by atoms with Crippen molar-refractivity contribution in [2.24, 2.45) is 0 Å². The molecule has 6 heteroatoms. The van der Waals surface area contributed by atoms with Crippen molar-refractivity contribution in [3.63, 3.8) is 0 Å². The van der Waals surface area contributed by atoms with E-state index in [1.807, 2.05) is 4.90 Å². The van der Waals surface area contributed by atoms with Crippen LogP contribution < -0.4 is 0 Å². The van der Waals surface area contributed by atoms with Gasteiger partial charge in [0.15, 0.2) is 0 Å². The molecule has 0 bridgehead atoms. The average molecular weight is 333 g/mol. The minimum atomic E-state index is -0.609. The Morgan fingerprint density at radius 1 is 1.25 bits per heavy atom. The highest BCUT2D eigenvalue weighted by Crippen LogP contribution is 2.38. The van der Waals surface area contributed by atoms with Gasteiger partial charge < -0.3 is 9.64 Å². The molecule has 3 aliphatic rings. The van der Waals surface area contributed by atoms with Gasteiger partial charge in [-0.3, -0.25) is 9.69 Å². The Labute approximate surface area is 141 Å². The van der Waals surface area contributed by atoms with E-state index < -0.39 is 5.95 Å². The van der Waals surface area contributed by atoms with E-state index in [1.54, 1.807) is 6.07 Å². The van der Waals surface area contributed by atoms with Crippen LogP contribution in [0.3, 0.4) is 0 Å². The molecule has 1 amide bonds. The quantitative estimate of drug-likeness (QED) is 0.778. The number of hydrogen-bond acceptors (Lipinski definition) is 4. The zero-order valence-corrected chi connectivity index (χ0v) is 13.9. The smallest absolute Gasteiger partial charge is 0.254 e. The lowest BCUT2D eigenvalue weighted by Gasteiger charge is -2.39. The first-order chi connectivity index (χ1) is 11.7. The van der Waals surface area contributed by atoms with Gasteiger partial charge in [-0.25, -0.2) is 4.98 Å². The van der Waals surface area contributed by atoms with E-state index in [1.165, 1.54) is 38.2 Å². The Morgan fingerprint density at radius 3 is 2.71 bits per heavy atom. The third-order valence-corrected chi connectivity index (χ3v) is 5.78. The molecule has 5 nitrogen and oxygen atoms in total. The second-order valence-electron chi connectivity index (χ2n) is 7.25. The van der Waals surface area contributed by atoms with Crippen molar-refractivity contribution in [3.05, 3.63) is 29.8 Å². The Bertz CT molecular complexity index is 610. The molecule has 0 saturated carbocycles. The summed E-state index contributed by atoms with van der Waals surface area (Å²) in [6.07, 6.45) is 6.77. The number of carbonyl (C=O) groups excluding carboxylic acids is 1. The van der Waals surface area contributed by atoms with Gasteiger partial charge in [-0.1, -0.05) is 0 Å². The summed E-state index contributed by atoms with van der Waals surface area (Å²) in [6.45, 7) is 4.57. The summed E-state index contributed by atoms with van der Waals surface area (Å²) >= 11 is 0. The first-order valence-electron chi connectivity index (χ1n) is 8.94. The molecule has 1 aromatic heterocycles. The maximum absolute atomic E-state index is 13.2. The van der Waals surface area contributed by atoms with Crippen LogP contribution in [0.1, 0.15) is 42.5 Å². The topological polar surface area (TPSA) is 45.7 Å². The van der Waals surface area contributed by atoms with E-state index >= 15 is 0 Å². The van der Waals surface area contributed by atoms with Gasteiger partial charge in [-0.15, -0.1) is 0 Å². The predicted molar refractivity (Wildman–Crippen MR) is 87.2 cm³/mol. The third kappa shape index (κ3) is 3.05. The number of ether oxygens (including phenoxy) is 1. The summed E-state index contributed by atoms with van der Waals surface area (Å²) in [5.74, 6) is -0.720. The Hall–Kier alpha value is -1.53. The van der Waals surface area contributed by atoms with E-state index in [9.17, 15) is 9.18 Å². The highest BCUT2D eigenvalue weighted by atomic mass is 19.1. The molecule has 24 heavy (non-hydrogen) atoms. The number of halogens is 1. The Balaban J connectivity index is 1.36. The lowest BCUT2D eigenvalue weighted by Crippen LogP contribution is -2.47. The van der Waals surface area contributed by atoms with E-state index in [-0.39, 0.29) is 11.5 Å². The third-order valence-electron chi connectivity index (χ3n) is 5.78. The molecule has 0 aliphatic carbocycles. The van der Waals surface area contributed by atoms with Crippen molar-refractivity contribution in [1.82, 2.24) is 14.8 Å². The first-order valence-corrected chi connectivity index (χ1v) is 8.94. The predicted octanol–water partition coefficient (Wildman–Crippen LogP) is 2.08. The van der Waals surface area contributed by atoms with Crippen LogP contribution >= 0.6 is 0 Å². The molecule has 0 N–H and O–H groups in total. The fourth-order valence-electron chi connectivity index (χ4n) is 4.35. The lowest BCUT2D eigenvalue weighted by molar-refractivity contribution is -0.0393. The highest BCUT2D eigenvalue weighted by Gasteiger charge is 2.45. The lowest BCUT2D eigenvalue weighted by atomic mass is 9.87. The number of hydrogen-bond donors (Lipinski definition) is 0. The molecule has 3 fully saturated rings. The summed E-state index contributed by atoms with van der Waals surface area (Å²) < 4.78 is 19.4. The number of amides is 1. The summed E-state index contributed by atoms with van der Waals surface area (Å²) in [5, 5.41) is 0. The molecule has 1 aromatic rings. The minimum Gasteiger partial charge on any atom is -0.373 e. The molecular formula is C18H24FN3O2. The molecule has 3 aliphatic heterocycles. The number of nitrogens with zero attached hydrogens (tertiary/aromatic N) is 3. The second-order valence-corrected chi connectivity index (χ2v) is 7.25. The van der Waals surface area contributed by atoms with E-state index in [0.717, 1.165) is 25.9 Å². The second kappa shape index (κ2) is 6.41. The summed E-state index contributed by atoms with van der Waals surface area (Å²) in [4.78, 5) is 20.4. The molecule has 3 saturated heterocycles. The first kappa shape index (κ1) is 16.0. The van der Waals surface area contributed by atoms with Crippen LogP contribution in [-0.2, 0) is 4.74 Å². The minimum absolute atomic E-state index is 0.0620. The van der Waals surface area contributed by atoms with Crippen LogP contribution in [0.15, 0.2) is 18.3 Å². The highest BCUT2D eigenvalue weighted by molar-refractivity contribution is 5.94. The van der Waals surface area contributed by atoms with Crippen molar-refractivity contribution >= 4 is 5.91 Å². The Morgan fingerprint density at radius 2 is 2.00 bits per heavy atom. The number of likely N-dealkylation sites (tertiary alicyclic amines) is 2. The van der Waals surface area contributed by atoms with Gasteiger partial charge >= 0.3 is 0 Å². The van der Waals surface area contributed by atoms with Crippen LogP contribution in [0.4, 0.5) is 4.39 Å². The molecule has 1 spiro atoms. The van der Waals surface area contributed by atoms with Crippen LogP contribution in [0.5, 0.6) is 0 Å². The maximum Gasteiger partial charge on any atom is 0.254 e. The van der Waals surface area contributed by atoms with E-state index in [0.29, 0.717) is 24.7 Å². The number of piperidine rings is 1. The number of rotatable bonds is 2. The van der Waals surface area contributed by atoms with Gasteiger partial charge in [-0.05, 0) is 51.3 Å². The monoisotopic (exact) mass is 333 g/mol. The van der Waals surface area contributed by atoms with E-state index in [2.05, 4.69) is 9.88 Å². The van der Waals surface area contributed by atoms with Gasteiger partial charge in [0.1, 0.15) is 0 Å². The van der Waals surface area contributed by atoms with Crippen molar-refractivity contribution < 1.29 is 13.9 Å². The zero-order chi connectivity index (χ0) is 16.6. The van der Waals surface area contributed by atoms with Crippen LogP contribution in [-0.4, -0.2) is 65.1 Å². The summed E-state index contributed by atoms with van der Waals surface area (Å²) in [6, 6.07) is 3.33. The largest absolute Gasteiger partial charge is 0.373 e. The maximum atomic E-state index is 13.2.